The van der Waals surface area contributed by atoms with Crippen LogP contribution < -0.4 is 10.6 Å². The molecular formula is C26H34N4O2. The van der Waals surface area contributed by atoms with Crippen LogP contribution >= 0.6 is 0 Å². The normalized spacial score (nSPS) is 17.8. The second kappa shape index (κ2) is 10.1. The van der Waals surface area contributed by atoms with Crippen molar-refractivity contribution in [2.24, 2.45) is 0 Å². The third kappa shape index (κ3) is 4.74. The predicted octanol–water partition coefficient (Wildman–Crippen LogP) is 3.74. The largest absolute Gasteiger partial charge is 0.399 e. The van der Waals surface area contributed by atoms with Crippen LogP contribution in [0.3, 0.4) is 0 Å². The lowest BCUT2D eigenvalue weighted by Gasteiger charge is -2.38. The molecule has 6 nitrogen and oxygen atoms in total. The van der Waals surface area contributed by atoms with E-state index in [1.165, 1.54) is 6.42 Å². The number of anilines is 2. The molecule has 0 aliphatic carbocycles. The topological polar surface area (TPSA) is 69.9 Å². The smallest absolute Gasteiger partial charge is 0.256 e. The molecule has 0 aromatic heterocycles. The SMILES string of the molecule is CCC(C(=O)N1CCN(c2ccc(N)cc2C(=O)N2CCCCC2)CC1)c1ccccc1. The molecule has 1 unspecified atom stereocenters. The van der Waals surface area contributed by atoms with Gasteiger partial charge in [-0.2, -0.15) is 0 Å². The van der Waals surface area contributed by atoms with Crippen LogP contribution in [0.5, 0.6) is 0 Å². The van der Waals surface area contributed by atoms with Gasteiger partial charge in [-0.15, -0.1) is 0 Å². The highest BCUT2D eigenvalue weighted by Gasteiger charge is 2.29. The average molecular weight is 435 g/mol. The number of piperazine rings is 1. The average Bonchev–Trinajstić information content (AvgIpc) is 2.85. The minimum absolute atomic E-state index is 0.0700. The zero-order valence-electron chi connectivity index (χ0n) is 19.0. The van der Waals surface area contributed by atoms with Crippen LogP contribution in [0.2, 0.25) is 0 Å². The first kappa shape index (κ1) is 22.2. The number of carbonyl (C=O) groups excluding carboxylic acids is 2. The minimum Gasteiger partial charge on any atom is -0.399 e. The van der Waals surface area contributed by atoms with E-state index in [4.69, 9.17) is 5.73 Å². The van der Waals surface area contributed by atoms with E-state index in [2.05, 4.69) is 11.8 Å². The van der Waals surface area contributed by atoms with Crippen molar-refractivity contribution in [1.29, 1.82) is 0 Å². The molecule has 2 N–H and O–H groups in total. The van der Waals surface area contributed by atoms with Crippen LogP contribution in [0.4, 0.5) is 11.4 Å². The van der Waals surface area contributed by atoms with Crippen molar-refractivity contribution < 1.29 is 9.59 Å². The molecule has 0 saturated carbocycles. The molecule has 2 aromatic carbocycles. The van der Waals surface area contributed by atoms with Crippen molar-refractivity contribution in [3.8, 4) is 0 Å². The summed E-state index contributed by atoms with van der Waals surface area (Å²) in [4.78, 5) is 32.6. The molecule has 32 heavy (non-hydrogen) atoms. The molecule has 4 rings (SSSR count). The monoisotopic (exact) mass is 434 g/mol. The summed E-state index contributed by atoms with van der Waals surface area (Å²) in [7, 11) is 0. The standard InChI is InChI=1S/C26H34N4O2/c1-2-22(20-9-5-3-6-10-20)25(31)30-17-15-28(16-18-30)24-12-11-21(27)19-23(24)26(32)29-13-7-4-8-14-29/h3,5-6,9-12,19,22H,2,4,7-8,13-18,27H2,1H3. The summed E-state index contributed by atoms with van der Waals surface area (Å²) >= 11 is 0. The maximum atomic E-state index is 13.3. The Kier molecular flexibility index (Phi) is 6.98. The van der Waals surface area contributed by atoms with Crippen molar-refractivity contribution in [2.75, 3.05) is 49.9 Å². The number of hydrogen-bond acceptors (Lipinski definition) is 4. The summed E-state index contributed by atoms with van der Waals surface area (Å²) in [5.41, 5.74) is 9.35. The number of nitrogen functional groups attached to an aromatic ring is 1. The van der Waals surface area contributed by atoms with Gasteiger partial charge in [0, 0.05) is 50.6 Å². The molecule has 2 saturated heterocycles. The van der Waals surface area contributed by atoms with Crippen molar-refractivity contribution in [3.05, 3.63) is 59.7 Å². The molecule has 2 amide bonds. The van der Waals surface area contributed by atoms with Gasteiger partial charge in [-0.3, -0.25) is 9.59 Å². The lowest BCUT2D eigenvalue weighted by atomic mass is 9.94. The van der Waals surface area contributed by atoms with Gasteiger partial charge in [0.1, 0.15) is 0 Å². The van der Waals surface area contributed by atoms with E-state index in [0.717, 1.165) is 43.6 Å². The van der Waals surface area contributed by atoms with Gasteiger partial charge in [-0.25, -0.2) is 0 Å². The number of benzene rings is 2. The molecule has 2 heterocycles. The lowest BCUT2D eigenvalue weighted by molar-refractivity contribution is -0.133. The van der Waals surface area contributed by atoms with Crippen molar-refractivity contribution in [2.45, 2.75) is 38.5 Å². The predicted molar refractivity (Wildman–Crippen MR) is 129 cm³/mol. The van der Waals surface area contributed by atoms with Crippen LogP contribution in [0, 0.1) is 0 Å². The Morgan fingerprint density at radius 1 is 0.875 bits per heavy atom. The fraction of sp³-hybridized carbons (Fsp3) is 0.462. The maximum absolute atomic E-state index is 13.3. The second-order valence-corrected chi connectivity index (χ2v) is 8.81. The van der Waals surface area contributed by atoms with Crippen molar-refractivity contribution >= 4 is 23.2 Å². The Labute approximate surface area is 191 Å². The number of amides is 2. The maximum Gasteiger partial charge on any atom is 0.256 e. The van der Waals surface area contributed by atoms with Crippen LogP contribution in [0.25, 0.3) is 0 Å². The lowest BCUT2D eigenvalue weighted by Crippen LogP contribution is -2.50. The van der Waals surface area contributed by atoms with Gasteiger partial charge in [-0.1, -0.05) is 37.3 Å². The number of hydrogen-bond donors (Lipinski definition) is 1. The van der Waals surface area contributed by atoms with E-state index >= 15 is 0 Å². The highest BCUT2D eigenvalue weighted by molar-refractivity contribution is 6.01. The molecule has 2 aromatic rings. The molecule has 1 atom stereocenters. The van der Waals surface area contributed by atoms with Crippen LogP contribution in [0.15, 0.2) is 48.5 Å². The van der Waals surface area contributed by atoms with Crippen LogP contribution in [-0.4, -0.2) is 60.9 Å². The number of piperidine rings is 1. The zero-order valence-corrected chi connectivity index (χ0v) is 19.0. The number of carbonyl (C=O) groups is 2. The van der Waals surface area contributed by atoms with E-state index < -0.39 is 0 Å². The molecule has 170 valence electrons. The molecule has 0 bridgehead atoms. The first-order valence-electron chi connectivity index (χ1n) is 11.9. The number of rotatable bonds is 5. The summed E-state index contributed by atoms with van der Waals surface area (Å²) in [5.74, 6) is 0.163. The quantitative estimate of drug-likeness (QED) is 0.728. The first-order valence-corrected chi connectivity index (χ1v) is 11.9. The fourth-order valence-corrected chi connectivity index (χ4v) is 4.89. The van der Waals surface area contributed by atoms with E-state index in [-0.39, 0.29) is 17.7 Å². The van der Waals surface area contributed by atoms with E-state index in [9.17, 15) is 9.59 Å². The summed E-state index contributed by atoms with van der Waals surface area (Å²) < 4.78 is 0. The number of nitrogens with two attached hydrogens (primary N) is 1. The summed E-state index contributed by atoms with van der Waals surface area (Å²) in [6.45, 7) is 6.43. The molecule has 2 fully saturated rings. The van der Waals surface area contributed by atoms with E-state index in [1.54, 1.807) is 0 Å². The van der Waals surface area contributed by atoms with Crippen molar-refractivity contribution in [1.82, 2.24) is 9.80 Å². The number of likely N-dealkylation sites (tertiary alicyclic amines) is 1. The van der Waals surface area contributed by atoms with Gasteiger partial charge in [0.15, 0.2) is 0 Å². The Morgan fingerprint density at radius 3 is 2.22 bits per heavy atom. The van der Waals surface area contributed by atoms with Gasteiger partial charge < -0.3 is 20.4 Å². The summed E-state index contributed by atoms with van der Waals surface area (Å²) in [6.07, 6.45) is 4.09. The Morgan fingerprint density at radius 2 is 1.56 bits per heavy atom. The first-order chi connectivity index (χ1) is 15.6. The highest BCUT2D eigenvalue weighted by Crippen LogP contribution is 2.28. The van der Waals surface area contributed by atoms with Gasteiger partial charge >= 0.3 is 0 Å². The van der Waals surface area contributed by atoms with Gasteiger partial charge in [-0.05, 0) is 49.4 Å². The Balaban J connectivity index is 1.46. The summed E-state index contributed by atoms with van der Waals surface area (Å²) in [6, 6.07) is 15.7. The van der Waals surface area contributed by atoms with Crippen molar-refractivity contribution in [3.63, 3.8) is 0 Å². The van der Waals surface area contributed by atoms with E-state index in [0.29, 0.717) is 37.4 Å². The molecule has 2 aliphatic heterocycles. The van der Waals surface area contributed by atoms with Gasteiger partial charge in [0.25, 0.3) is 5.91 Å². The second-order valence-electron chi connectivity index (χ2n) is 8.81. The Bertz CT molecular complexity index is 932. The van der Waals surface area contributed by atoms with Gasteiger partial charge in [0.2, 0.25) is 5.91 Å². The zero-order chi connectivity index (χ0) is 22.5. The number of nitrogens with zero attached hydrogens (tertiary/aromatic N) is 3. The molecule has 0 spiro atoms. The van der Waals surface area contributed by atoms with Crippen LogP contribution in [0.1, 0.15) is 54.4 Å². The molecular weight excluding hydrogens is 400 g/mol. The third-order valence-corrected chi connectivity index (χ3v) is 6.73. The molecule has 0 radical (unpaired) electrons. The molecule has 2 aliphatic rings. The van der Waals surface area contributed by atoms with E-state index in [1.807, 2.05) is 58.3 Å². The fourth-order valence-electron chi connectivity index (χ4n) is 4.89. The Hall–Kier alpha value is -3.02. The van der Waals surface area contributed by atoms with Gasteiger partial charge in [0.05, 0.1) is 11.5 Å². The third-order valence-electron chi connectivity index (χ3n) is 6.73. The minimum atomic E-state index is -0.101. The van der Waals surface area contributed by atoms with Crippen LogP contribution in [-0.2, 0) is 4.79 Å². The highest BCUT2D eigenvalue weighted by atomic mass is 16.2. The molecule has 6 heteroatoms. The summed E-state index contributed by atoms with van der Waals surface area (Å²) in [5, 5.41) is 0.